The summed E-state index contributed by atoms with van der Waals surface area (Å²) in [7, 11) is 6.39. The van der Waals surface area contributed by atoms with Gasteiger partial charge in [0, 0.05) is 75.6 Å². The van der Waals surface area contributed by atoms with Crippen LogP contribution in [-0.4, -0.2) is 89.6 Å². The van der Waals surface area contributed by atoms with E-state index in [1.807, 2.05) is 0 Å². The molecule has 0 saturated heterocycles. The van der Waals surface area contributed by atoms with Crippen LogP contribution in [0, 0.1) is 17.5 Å². The van der Waals surface area contributed by atoms with Crippen LogP contribution in [0.3, 0.4) is 0 Å². The summed E-state index contributed by atoms with van der Waals surface area (Å²) in [4.78, 5) is 60.1. The van der Waals surface area contributed by atoms with E-state index in [1.165, 1.54) is 34.1 Å². The molecule has 0 aliphatic heterocycles. The quantitative estimate of drug-likeness (QED) is 0.160. The second kappa shape index (κ2) is 25.6. The first-order valence-corrected chi connectivity index (χ1v) is 19.6. The monoisotopic (exact) mass is 947 g/mol. The van der Waals surface area contributed by atoms with Crippen molar-refractivity contribution in [2.24, 2.45) is 5.73 Å². The molecule has 0 aliphatic rings. The molecular formula is C39H49Cl5F3N5O8. The zero-order valence-electron chi connectivity index (χ0n) is 34.6. The Labute approximate surface area is 372 Å². The number of nitrogens with one attached hydrogen (secondary N) is 2. The number of carbonyl (C=O) groups excluding carboxylic acids is 4. The Morgan fingerprint density at radius 3 is 1.18 bits per heavy atom. The minimum absolute atomic E-state index is 0.0140. The lowest BCUT2D eigenvalue weighted by molar-refractivity contribution is 0.0511. The summed E-state index contributed by atoms with van der Waals surface area (Å²) in [5.74, 6) is -3.77. The van der Waals surface area contributed by atoms with Gasteiger partial charge in [-0.1, -0.05) is 34.8 Å². The van der Waals surface area contributed by atoms with Gasteiger partial charge in [0.2, 0.25) is 0 Å². The summed E-state index contributed by atoms with van der Waals surface area (Å²) in [5.41, 5.74) is 4.78. The van der Waals surface area contributed by atoms with Gasteiger partial charge in [0.15, 0.2) is 0 Å². The van der Waals surface area contributed by atoms with Gasteiger partial charge >= 0.3 is 18.2 Å². The van der Waals surface area contributed by atoms with E-state index in [4.69, 9.17) is 78.3 Å². The Hall–Kier alpha value is -4.19. The Kier molecular flexibility index (Phi) is 23.8. The maximum Gasteiger partial charge on any atom is 0.407 e. The molecule has 0 atom stereocenters. The molecule has 4 amide bonds. The van der Waals surface area contributed by atoms with Crippen LogP contribution < -0.4 is 16.4 Å². The third kappa shape index (κ3) is 20.4. The molecule has 0 saturated carbocycles. The summed E-state index contributed by atoms with van der Waals surface area (Å²) < 4.78 is 51.1. The topological polar surface area (TPSA) is 181 Å². The van der Waals surface area contributed by atoms with E-state index in [0.29, 0.717) is 5.56 Å². The summed E-state index contributed by atoms with van der Waals surface area (Å²) >= 11 is 26.6. The number of nitrogens with two attached hydrogens (primary N) is 1. The van der Waals surface area contributed by atoms with Gasteiger partial charge in [0.25, 0.3) is 11.8 Å². The number of ether oxygens (including phenoxy) is 2. The maximum atomic E-state index is 14.0. The lowest BCUT2D eigenvalue weighted by Crippen LogP contribution is -2.32. The van der Waals surface area contributed by atoms with E-state index in [2.05, 4.69) is 10.6 Å². The number of alkyl carbamates (subject to hydrolysis) is 2. The molecule has 0 unspecified atom stereocenters. The highest BCUT2D eigenvalue weighted by atomic mass is 35.5. The van der Waals surface area contributed by atoms with Crippen molar-refractivity contribution in [2.75, 3.05) is 33.5 Å². The number of rotatable bonds is 8. The minimum Gasteiger partial charge on any atom is -0.478 e. The second-order valence-electron chi connectivity index (χ2n) is 14.5. The van der Waals surface area contributed by atoms with E-state index in [1.54, 1.807) is 69.7 Å². The minimum atomic E-state index is -1.23. The van der Waals surface area contributed by atoms with Crippen molar-refractivity contribution >= 4 is 88.0 Å². The Balaban J connectivity index is 0.000000854. The van der Waals surface area contributed by atoms with Crippen LogP contribution >= 0.6 is 58.0 Å². The van der Waals surface area contributed by atoms with Crippen molar-refractivity contribution in [2.45, 2.75) is 72.4 Å². The van der Waals surface area contributed by atoms with Gasteiger partial charge in [-0.2, -0.15) is 0 Å². The van der Waals surface area contributed by atoms with Crippen LogP contribution in [0.1, 0.15) is 89.3 Å². The highest BCUT2D eigenvalue weighted by Crippen LogP contribution is 2.24. The number of carboxylic acids is 1. The predicted molar refractivity (Wildman–Crippen MR) is 228 cm³/mol. The fourth-order valence-corrected chi connectivity index (χ4v) is 4.91. The molecule has 21 heteroatoms. The standard InChI is InChI=1S/C15H20ClFN2O3.C13H15ClFNO4.C10H12ClFN2O.CH2Cl2/c1-15(2,3)22-14(21)18-8-10-6-9(13(20)19(4)5)7-11(16)12(10)17;1-13(2,3)20-12(19)16-6-8-4-7(11(17)18)5-9(14)10(8)15;1-14(2)10(15)6-3-7(5-13)9(12)8(11)4-6;2-1-3/h6-7H,8H2,1-5H3,(H,18,21);4-5H,6H2,1-3H3,(H,16,19)(H,17,18);3-4H,5,13H2,1-2H3;1H2. The predicted octanol–water partition coefficient (Wildman–Crippen LogP) is 9.47. The molecule has 3 aromatic rings. The maximum absolute atomic E-state index is 14.0. The summed E-state index contributed by atoms with van der Waals surface area (Å²) in [6.07, 6.45) is -1.40. The number of benzene rings is 3. The van der Waals surface area contributed by atoms with Gasteiger partial charge in [0.1, 0.15) is 28.7 Å². The third-order valence-corrected chi connectivity index (χ3v) is 7.55. The van der Waals surface area contributed by atoms with Gasteiger partial charge in [0.05, 0.1) is 26.0 Å². The normalized spacial score (nSPS) is 10.6. The Morgan fingerprint density at radius 2 is 0.900 bits per heavy atom. The van der Waals surface area contributed by atoms with Crippen LogP contribution in [0.4, 0.5) is 22.8 Å². The summed E-state index contributed by atoms with van der Waals surface area (Å²) in [6, 6.07) is 7.47. The molecule has 0 spiro atoms. The van der Waals surface area contributed by atoms with Crippen molar-refractivity contribution in [3.63, 3.8) is 0 Å². The van der Waals surface area contributed by atoms with E-state index in [0.717, 1.165) is 12.1 Å². The van der Waals surface area contributed by atoms with Crippen molar-refractivity contribution < 1.29 is 51.7 Å². The number of carbonyl (C=O) groups is 5. The molecule has 334 valence electrons. The number of nitrogens with zero attached hydrogens (tertiary/aromatic N) is 2. The SMILES string of the molecule is CC(C)(C)OC(=O)NCc1cc(C(=O)O)cc(Cl)c1F.CN(C)C(=O)c1cc(Cl)c(F)c(CN)c1.CN(C)C(=O)c1cc(Cl)c(F)c(CNC(=O)OC(C)(C)C)c1.ClCCl. The molecular weight excluding hydrogens is 901 g/mol. The van der Waals surface area contributed by atoms with E-state index >= 15 is 0 Å². The molecule has 60 heavy (non-hydrogen) atoms. The molecule has 3 aromatic carbocycles. The smallest absolute Gasteiger partial charge is 0.407 e. The molecule has 0 heterocycles. The number of amides is 4. The summed E-state index contributed by atoms with van der Waals surface area (Å²) in [6.45, 7) is 9.90. The highest BCUT2D eigenvalue weighted by molar-refractivity contribution is 6.40. The van der Waals surface area contributed by atoms with Gasteiger partial charge in [-0.05, 0) is 77.9 Å². The average Bonchev–Trinajstić information content (AvgIpc) is 3.12. The van der Waals surface area contributed by atoms with Crippen molar-refractivity contribution in [1.82, 2.24) is 20.4 Å². The number of hydrogen-bond acceptors (Lipinski definition) is 8. The van der Waals surface area contributed by atoms with Crippen LogP contribution in [0.5, 0.6) is 0 Å². The zero-order valence-corrected chi connectivity index (χ0v) is 38.4. The molecule has 0 fully saturated rings. The van der Waals surface area contributed by atoms with Crippen LogP contribution in [0.15, 0.2) is 36.4 Å². The lowest BCUT2D eigenvalue weighted by atomic mass is 10.1. The molecule has 3 rings (SSSR count). The van der Waals surface area contributed by atoms with Gasteiger partial charge in [-0.15, -0.1) is 23.2 Å². The van der Waals surface area contributed by atoms with Crippen LogP contribution in [0.2, 0.25) is 15.1 Å². The number of carboxylic acid groups (broad SMARTS) is 1. The number of halogens is 8. The lowest BCUT2D eigenvalue weighted by Gasteiger charge is -2.20. The fraction of sp³-hybridized carbons (Fsp3) is 0.410. The first-order valence-electron chi connectivity index (χ1n) is 17.4. The van der Waals surface area contributed by atoms with Crippen LogP contribution in [-0.2, 0) is 29.1 Å². The summed E-state index contributed by atoms with van der Waals surface area (Å²) in [5, 5.41) is 13.3. The van der Waals surface area contributed by atoms with Crippen molar-refractivity contribution in [1.29, 1.82) is 0 Å². The Bertz CT molecular complexity index is 1980. The molecule has 5 N–H and O–H groups in total. The number of hydrogen-bond donors (Lipinski definition) is 4. The average molecular weight is 950 g/mol. The van der Waals surface area contributed by atoms with Crippen LogP contribution in [0.25, 0.3) is 0 Å². The second-order valence-corrected chi connectivity index (χ2v) is 16.5. The van der Waals surface area contributed by atoms with E-state index in [9.17, 15) is 37.1 Å². The third-order valence-electron chi connectivity index (χ3n) is 6.73. The van der Waals surface area contributed by atoms with Gasteiger partial charge < -0.3 is 40.7 Å². The fourth-order valence-electron chi connectivity index (χ4n) is 4.19. The molecule has 0 radical (unpaired) electrons. The molecule has 13 nitrogen and oxygen atoms in total. The van der Waals surface area contributed by atoms with E-state index in [-0.39, 0.29) is 79.7 Å². The zero-order chi connectivity index (χ0) is 46.9. The largest absolute Gasteiger partial charge is 0.478 e. The Morgan fingerprint density at radius 1 is 0.617 bits per heavy atom. The molecule has 0 aliphatic carbocycles. The van der Waals surface area contributed by atoms with Gasteiger partial charge in [-0.25, -0.2) is 27.6 Å². The first-order chi connectivity index (χ1) is 27.5. The highest BCUT2D eigenvalue weighted by Gasteiger charge is 2.20. The molecule has 0 aromatic heterocycles. The van der Waals surface area contributed by atoms with E-state index < -0.39 is 46.8 Å². The molecule has 0 bridgehead atoms. The first kappa shape index (κ1) is 55.8. The number of aromatic carboxylic acids is 1. The van der Waals surface area contributed by atoms with Crippen molar-refractivity contribution in [3.8, 4) is 0 Å². The number of alkyl halides is 2. The van der Waals surface area contributed by atoms with Crippen molar-refractivity contribution in [3.05, 3.63) is 102 Å². The van der Waals surface area contributed by atoms with Gasteiger partial charge in [-0.3, -0.25) is 9.59 Å².